The second kappa shape index (κ2) is 6.12. The molecule has 1 unspecified atom stereocenters. The fourth-order valence-electron chi connectivity index (χ4n) is 5.22. The molecular weight excluding hydrogens is 304 g/mol. The fraction of sp³-hybridized carbons (Fsp3) is 0.750. The molecule has 0 heterocycles. The summed E-state index contributed by atoms with van der Waals surface area (Å²) in [6.07, 6.45) is 3.59. The van der Waals surface area contributed by atoms with Crippen LogP contribution in [0.15, 0.2) is 11.1 Å². The third-order valence-corrected chi connectivity index (χ3v) is 6.61. The number of esters is 1. The highest BCUT2D eigenvalue weighted by atomic mass is 16.5. The van der Waals surface area contributed by atoms with Gasteiger partial charge in [-0.3, -0.25) is 9.59 Å². The number of hydrogen-bond donors (Lipinski definition) is 0. The molecule has 0 spiro atoms. The molecule has 4 heteroatoms. The van der Waals surface area contributed by atoms with Crippen molar-refractivity contribution in [3.05, 3.63) is 11.1 Å². The lowest BCUT2D eigenvalue weighted by atomic mass is 9.69. The van der Waals surface area contributed by atoms with Crippen LogP contribution in [0.25, 0.3) is 0 Å². The maximum absolute atomic E-state index is 13.5. The molecule has 0 amide bonds. The first-order chi connectivity index (χ1) is 11.3. The van der Waals surface area contributed by atoms with E-state index in [1.807, 2.05) is 13.8 Å². The molecule has 0 N–H and O–H groups in total. The molecule has 132 valence electrons. The Morgan fingerprint density at radius 2 is 1.96 bits per heavy atom. The van der Waals surface area contributed by atoms with E-state index in [0.29, 0.717) is 36.5 Å². The summed E-state index contributed by atoms with van der Waals surface area (Å²) in [5.74, 6) is 0.500. The zero-order valence-electron chi connectivity index (χ0n) is 15.2. The van der Waals surface area contributed by atoms with Gasteiger partial charge in [0, 0.05) is 29.4 Å². The number of hydrogen-bond acceptors (Lipinski definition) is 4. The van der Waals surface area contributed by atoms with Crippen LogP contribution < -0.4 is 0 Å². The van der Waals surface area contributed by atoms with E-state index in [-0.39, 0.29) is 35.3 Å². The SMILES string of the molecule is CCOC(=O)C1=C2C(=O)[C@@]3(C)CC(=O)C[C@H]3C[C@H](C)C2CC[C@@H]1C. The lowest BCUT2D eigenvalue weighted by Crippen LogP contribution is -2.36. The molecule has 0 radical (unpaired) electrons. The predicted octanol–water partition coefficient (Wildman–Crippen LogP) is 3.49. The Morgan fingerprint density at radius 1 is 1.25 bits per heavy atom. The third kappa shape index (κ3) is 2.55. The van der Waals surface area contributed by atoms with Crippen molar-refractivity contribution in [1.82, 2.24) is 0 Å². The van der Waals surface area contributed by atoms with Crippen LogP contribution in [0.1, 0.15) is 59.8 Å². The van der Waals surface area contributed by atoms with Crippen LogP contribution in [-0.2, 0) is 19.1 Å². The van der Waals surface area contributed by atoms with E-state index in [1.54, 1.807) is 6.92 Å². The molecule has 3 rings (SSSR count). The number of Topliss-reactive ketones (excluding diaryl/α,β-unsaturated/α-hetero) is 2. The molecular formula is C20H28O4. The van der Waals surface area contributed by atoms with E-state index in [2.05, 4.69) is 6.92 Å². The Balaban J connectivity index is 2.15. The van der Waals surface area contributed by atoms with Crippen LogP contribution in [0.3, 0.4) is 0 Å². The van der Waals surface area contributed by atoms with E-state index in [9.17, 15) is 14.4 Å². The summed E-state index contributed by atoms with van der Waals surface area (Å²) >= 11 is 0. The quantitative estimate of drug-likeness (QED) is 0.726. The molecule has 3 aliphatic rings. The number of ether oxygens (including phenoxy) is 1. The Kier molecular flexibility index (Phi) is 4.43. The third-order valence-electron chi connectivity index (χ3n) is 6.61. The predicted molar refractivity (Wildman–Crippen MR) is 90.2 cm³/mol. The maximum Gasteiger partial charge on any atom is 0.334 e. The van der Waals surface area contributed by atoms with Gasteiger partial charge >= 0.3 is 5.97 Å². The van der Waals surface area contributed by atoms with Crippen molar-refractivity contribution in [2.24, 2.45) is 29.1 Å². The Hall–Kier alpha value is -1.45. The summed E-state index contributed by atoms with van der Waals surface area (Å²) in [4.78, 5) is 38.2. The van der Waals surface area contributed by atoms with Crippen molar-refractivity contribution in [2.75, 3.05) is 6.61 Å². The lowest BCUT2D eigenvalue weighted by Gasteiger charge is -2.34. The van der Waals surface area contributed by atoms with Crippen molar-refractivity contribution in [1.29, 1.82) is 0 Å². The number of rotatable bonds is 2. The summed E-state index contributed by atoms with van der Waals surface area (Å²) in [6.45, 7) is 8.23. The van der Waals surface area contributed by atoms with E-state index >= 15 is 0 Å². The minimum absolute atomic E-state index is 0.0438. The number of allylic oxidation sites excluding steroid dienone is 1. The maximum atomic E-state index is 13.5. The molecule has 0 saturated heterocycles. The Morgan fingerprint density at radius 3 is 2.62 bits per heavy atom. The van der Waals surface area contributed by atoms with Gasteiger partial charge in [-0.15, -0.1) is 0 Å². The summed E-state index contributed by atoms with van der Waals surface area (Å²) < 4.78 is 5.27. The van der Waals surface area contributed by atoms with Gasteiger partial charge in [-0.05, 0) is 49.9 Å². The molecule has 2 fully saturated rings. The van der Waals surface area contributed by atoms with Gasteiger partial charge in [0.15, 0.2) is 5.78 Å². The van der Waals surface area contributed by atoms with Crippen LogP contribution >= 0.6 is 0 Å². The fourth-order valence-corrected chi connectivity index (χ4v) is 5.22. The summed E-state index contributed by atoms with van der Waals surface area (Å²) in [5, 5.41) is 0. The smallest absolute Gasteiger partial charge is 0.334 e. The highest BCUT2D eigenvalue weighted by molar-refractivity contribution is 6.10. The van der Waals surface area contributed by atoms with Gasteiger partial charge in [0.1, 0.15) is 5.78 Å². The highest BCUT2D eigenvalue weighted by Crippen LogP contribution is 2.54. The minimum Gasteiger partial charge on any atom is -0.463 e. The average Bonchev–Trinajstić information content (AvgIpc) is 2.77. The first kappa shape index (κ1) is 17.4. The first-order valence-corrected chi connectivity index (χ1v) is 9.27. The molecule has 4 nitrogen and oxygen atoms in total. The molecule has 24 heavy (non-hydrogen) atoms. The average molecular weight is 332 g/mol. The van der Waals surface area contributed by atoms with Gasteiger partial charge in [-0.1, -0.05) is 20.8 Å². The van der Waals surface area contributed by atoms with Crippen molar-refractivity contribution >= 4 is 17.5 Å². The number of carbonyl (C=O) groups excluding carboxylic acids is 3. The van der Waals surface area contributed by atoms with Crippen molar-refractivity contribution in [3.8, 4) is 0 Å². The van der Waals surface area contributed by atoms with Gasteiger partial charge in [-0.2, -0.15) is 0 Å². The van der Waals surface area contributed by atoms with Gasteiger partial charge < -0.3 is 4.74 Å². The molecule has 0 aromatic carbocycles. The number of fused-ring (bicyclic) bond motifs is 2. The number of carbonyl (C=O) groups is 3. The first-order valence-electron chi connectivity index (χ1n) is 9.27. The largest absolute Gasteiger partial charge is 0.463 e. The van der Waals surface area contributed by atoms with Crippen LogP contribution in [-0.4, -0.2) is 24.1 Å². The van der Waals surface area contributed by atoms with Crippen molar-refractivity contribution in [2.45, 2.75) is 59.8 Å². The van der Waals surface area contributed by atoms with Crippen molar-refractivity contribution < 1.29 is 19.1 Å². The molecule has 5 atom stereocenters. The van der Waals surface area contributed by atoms with E-state index < -0.39 is 5.41 Å². The second-order valence-corrected chi connectivity index (χ2v) is 8.21. The van der Waals surface area contributed by atoms with E-state index in [4.69, 9.17) is 4.74 Å². The molecule has 0 bridgehead atoms. The van der Waals surface area contributed by atoms with Crippen LogP contribution in [0.5, 0.6) is 0 Å². The van der Waals surface area contributed by atoms with E-state index in [1.165, 1.54) is 0 Å². The molecule has 3 aliphatic carbocycles. The zero-order chi connectivity index (χ0) is 17.6. The minimum atomic E-state index is -0.635. The summed E-state index contributed by atoms with van der Waals surface area (Å²) in [7, 11) is 0. The Bertz CT molecular complexity index is 617. The topological polar surface area (TPSA) is 60.4 Å². The van der Waals surface area contributed by atoms with Crippen LogP contribution in [0.4, 0.5) is 0 Å². The van der Waals surface area contributed by atoms with Crippen LogP contribution in [0.2, 0.25) is 0 Å². The molecule has 0 aromatic rings. The highest BCUT2D eigenvalue weighted by Gasteiger charge is 2.55. The van der Waals surface area contributed by atoms with Crippen LogP contribution in [0, 0.1) is 29.1 Å². The monoisotopic (exact) mass is 332 g/mol. The summed E-state index contributed by atoms with van der Waals surface area (Å²) in [6, 6.07) is 0. The van der Waals surface area contributed by atoms with Gasteiger partial charge in [0.05, 0.1) is 6.61 Å². The standard InChI is InChI=1S/C20H28O4/c1-5-24-19(23)16-11(2)6-7-15-12(3)8-13-9-14(21)10-20(13,4)18(22)17(15)16/h11-13,15H,5-10H2,1-4H3/t11-,12-,13+,15?,20-/m0/s1. The second-order valence-electron chi connectivity index (χ2n) is 8.21. The van der Waals surface area contributed by atoms with E-state index in [0.717, 1.165) is 19.3 Å². The Labute approximate surface area is 144 Å². The zero-order valence-corrected chi connectivity index (χ0v) is 15.2. The van der Waals surface area contributed by atoms with Gasteiger partial charge in [-0.25, -0.2) is 4.79 Å². The summed E-state index contributed by atoms with van der Waals surface area (Å²) in [5.41, 5.74) is 0.648. The van der Waals surface area contributed by atoms with Crippen molar-refractivity contribution in [3.63, 3.8) is 0 Å². The molecule has 0 aromatic heterocycles. The van der Waals surface area contributed by atoms with Gasteiger partial charge in [0.25, 0.3) is 0 Å². The number of ketones is 2. The molecule has 0 aliphatic heterocycles. The molecule has 2 saturated carbocycles. The van der Waals surface area contributed by atoms with Gasteiger partial charge in [0.2, 0.25) is 0 Å². The normalized spacial score (nSPS) is 39.3. The lowest BCUT2D eigenvalue weighted by molar-refractivity contribution is -0.140.